The number of halogens is 2. The van der Waals surface area contributed by atoms with Gasteiger partial charge in [-0.15, -0.1) is 0 Å². The van der Waals surface area contributed by atoms with Crippen molar-refractivity contribution < 1.29 is 9.18 Å². The van der Waals surface area contributed by atoms with Gasteiger partial charge in [0.15, 0.2) is 0 Å². The lowest BCUT2D eigenvalue weighted by molar-refractivity contribution is -0.127. The van der Waals surface area contributed by atoms with Crippen LogP contribution in [-0.4, -0.2) is 37.1 Å². The van der Waals surface area contributed by atoms with Crippen LogP contribution in [0, 0.1) is 12.7 Å². The van der Waals surface area contributed by atoms with E-state index in [0.717, 1.165) is 33.4 Å². The Hall–Kier alpha value is -3.45. The molecule has 31 heavy (non-hydrogen) atoms. The Morgan fingerprint density at radius 3 is 2.94 bits per heavy atom. The molecule has 0 aliphatic carbocycles. The van der Waals surface area contributed by atoms with E-state index in [0.29, 0.717) is 35.9 Å². The van der Waals surface area contributed by atoms with Crippen LogP contribution in [0.2, 0.25) is 5.02 Å². The maximum Gasteiger partial charge on any atom is 0.246 e. The van der Waals surface area contributed by atoms with Gasteiger partial charge in [-0.2, -0.15) is 5.10 Å². The molecule has 1 aromatic carbocycles. The smallest absolute Gasteiger partial charge is 0.246 e. The van der Waals surface area contributed by atoms with Crippen LogP contribution in [-0.2, 0) is 17.9 Å². The number of hydrogen-bond acceptors (Lipinski definition) is 3. The number of pyridine rings is 1. The Bertz CT molecular complexity index is 1360. The van der Waals surface area contributed by atoms with Crippen LogP contribution < -0.4 is 0 Å². The van der Waals surface area contributed by atoms with Crippen LogP contribution in [0.5, 0.6) is 0 Å². The molecule has 0 saturated carbocycles. The summed E-state index contributed by atoms with van der Waals surface area (Å²) in [5, 5.41) is 6.13. The molecular weight excluding hydrogens is 417 g/mol. The molecule has 4 heterocycles. The van der Waals surface area contributed by atoms with Gasteiger partial charge in [0.25, 0.3) is 0 Å². The second kappa shape index (κ2) is 7.35. The van der Waals surface area contributed by atoms with Crippen LogP contribution in [0.25, 0.3) is 33.4 Å². The van der Waals surface area contributed by atoms with Crippen LogP contribution in [0.3, 0.4) is 0 Å². The van der Waals surface area contributed by atoms with Crippen LogP contribution >= 0.6 is 11.6 Å². The molecule has 0 bridgehead atoms. The number of benzene rings is 1. The highest BCUT2D eigenvalue weighted by molar-refractivity contribution is 6.30. The van der Waals surface area contributed by atoms with Crippen LogP contribution in [0.1, 0.15) is 11.3 Å². The first-order chi connectivity index (χ1) is 15.0. The summed E-state index contributed by atoms with van der Waals surface area (Å²) >= 11 is 6.20. The second-order valence-electron chi connectivity index (χ2n) is 7.54. The predicted molar refractivity (Wildman–Crippen MR) is 118 cm³/mol. The minimum Gasteiger partial charge on any atom is -0.346 e. The lowest BCUT2D eigenvalue weighted by atomic mass is 9.95. The largest absolute Gasteiger partial charge is 0.346 e. The number of carbonyl (C=O) groups excluding carboxylic acids is 1. The number of carbonyl (C=O) groups is 1. The third kappa shape index (κ3) is 3.13. The van der Waals surface area contributed by atoms with Crippen molar-refractivity contribution in [2.75, 3.05) is 6.54 Å². The first-order valence-electron chi connectivity index (χ1n) is 9.87. The van der Waals surface area contributed by atoms with Crippen molar-refractivity contribution in [3.63, 3.8) is 0 Å². The van der Waals surface area contributed by atoms with Crippen molar-refractivity contribution in [2.45, 2.75) is 20.0 Å². The number of hydrogen-bond donors (Lipinski definition) is 1. The molecule has 5 rings (SSSR count). The van der Waals surface area contributed by atoms with Crippen molar-refractivity contribution in [3.05, 3.63) is 71.4 Å². The number of aryl methyl sites for hydroxylation is 1. The van der Waals surface area contributed by atoms with E-state index in [1.165, 1.54) is 18.2 Å². The zero-order chi connectivity index (χ0) is 21.7. The first-order valence-corrected chi connectivity index (χ1v) is 10.2. The topological polar surface area (TPSA) is 66.8 Å². The third-order valence-corrected chi connectivity index (χ3v) is 5.92. The summed E-state index contributed by atoms with van der Waals surface area (Å²) in [6, 6.07) is 6.35. The Labute approximate surface area is 183 Å². The van der Waals surface area contributed by atoms with Gasteiger partial charge in [-0.25, -0.2) is 9.37 Å². The molecule has 1 amide bonds. The van der Waals surface area contributed by atoms with Gasteiger partial charge in [-0.05, 0) is 48.4 Å². The first kappa shape index (κ1) is 19.5. The predicted octanol–water partition coefficient (Wildman–Crippen LogP) is 4.72. The van der Waals surface area contributed by atoms with E-state index in [1.54, 1.807) is 17.2 Å². The molecule has 1 aliphatic rings. The molecule has 0 radical (unpaired) electrons. The number of nitrogens with one attached hydrogen (secondary N) is 1. The summed E-state index contributed by atoms with van der Waals surface area (Å²) in [6.07, 6.45) is 4.92. The molecule has 0 saturated heterocycles. The van der Waals surface area contributed by atoms with E-state index >= 15 is 0 Å². The molecule has 6 nitrogen and oxygen atoms in total. The number of rotatable bonds is 3. The molecule has 8 heteroatoms. The monoisotopic (exact) mass is 435 g/mol. The molecule has 0 spiro atoms. The van der Waals surface area contributed by atoms with Gasteiger partial charge >= 0.3 is 0 Å². The lowest BCUT2D eigenvalue weighted by Gasteiger charge is -2.27. The molecule has 0 fully saturated rings. The maximum atomic E-state index is 14.9. The van der Waals surface area contributed by atoms with Gasteiger partial charge in [-0.1, -0.05) is 18.2 Å². The van der Waals surface area contributed by atoms with Gasteiger partial charge in [0.1, 0.15) is 17.2 Å². The van der Waals surface area contributed by atoms with E-state index in [1.807, 2.05) is 23.9 Å². The molecule has 3 aromatic heterocycles. The Kier molecular flexibility index (Phi) is 4.63. The average molecular weight is 436 g/mol. The summed E-state index contributed by atoms with van der Waals surface area (Å²) in [7, 11) is 0. The van der Waals surface area contributed by atoms with E-state index < -0.39 is 5.82 Å². The zero-order valence-electron chi connectivity index (χ0n) is 16.8. The summed E-state index contributed by atoms with van der Waals surface area (Å²) in [6.45, 7) is 6.95. The summed E-state index contributed by atoms with van der Waals surface area (Å²) in [5.74, 6) is -0.553. The Balaban J connectivity index is 1.82. The fraction of sp³-hybridized carbons (Fsp3) is 0.174. The molecule has 1 N–H and O–H groups in total. The number of nitrogens with zero attached hydrogens (tertiary/aromatic N) is 4. The summed E-state index contributed by atoms with van der Waals surface area (Å²) in [4.78, 5) is 21.6. The quantitative estimate of drug-likeness (QED) is 0.473. The molecular formula is C23H19ClFN5O. The van der Waals surface area contributed by atoms with Crippen molar-refractivity contribution >= 4 is 28.5 Å². The van der Waals surface area contributed by atoms with E-state index in [-0.39, 0.29) is 5.91 Å². The van der Waals surface area contributed by atoms with E-state index in [2.05, 4.69) is 16.5 Å². The van der Waals surface area contributed by atoms with Gasteiger partial charge in [-0.3, -0.25) is 9.48 Å². The second-order valence-corrected chi connectivity index (χ2v) is 7.97. The van der Waals surface area contributed by atoms with Crippen molar-refractivity contribution in [3.8, 4) is 22.4 Å². The maximum absolute atomic E-state index is 14.9. The van der Waals surface area contributed by atoms with Gasteiger partial charge in [0.2, 0.25) is 5.91 Å². The summed E-state index contributed by atoms with van der Waals surface area (Å²) in [5.41, 5.74) is 5.07. The van der Waals surface area contributed by atoms with Gasteiger partial charge in [0, 0.05) is 40.5 Å². The van der Waals surface area contributed by atoms with E-state index in [4.69, 9.17) is 16.7 Å². The standard InChI is InChI=1S/C23H19ClFN5O/c1-3-19(31)29-8-9-30-18(12-29)21(15-6-7-26-23-20(15)13(2)11-27-23)22(28-30)16-10-14(24)4-5-17(16)25/h3-7,10-11H,1,8-9,12H2,2H3,(H,26,27). The fourth-order valence-electron chi connectivity index (χ4n) is 4.21. The lowest BCUT2D eigenvalue weighted by Crippen LogP contribution is -2.37. The van der Waals surface area contributed by atoms with E-state index in [9.17, 15) is 9.18 Å². The molecule has 0 unspecified atom stereocenters. The minimum absolute atomic E-state index is 0.147. The highest BCUT2D eigenvalue weighted by Gasteiger charge is 2.29. The summed E-state index contributed by atoms with van der Waals surface area (Å²) < 4.78 is 16.8. The highest BCUT2D eigenvalue weighted by atomic mass is 35.5. The Morgan fingerprint density at radius 1 is 1.29 bits per heavy atom. The average Bonchev–Trinajstić information content (AvgIpc) is 3.35. The number of aromatic amines is 1. The number of amides is 1. The Morgan fingerprint density at radius 2 is 2.13 bits per heavy atom. The van der Waals surface area contributed by atoms with Crippen LogP contribution in [0.4, 0.5) is 4.39 Å². The molecule has 1 aliphatic heterocycles. The van der Waals surface area contributed by atoms with Gasteiger partial charge in [0.05, 0.1) is 18.8 Å². The molecule has 156 valence electrons. The normalized spacial score (nSPS) is 13.5. The van der Waals surface area contributed by atoms with Crippen LogP contribution in [0.15, 0.2) is 49.3 Å². The van der Waals surface area contributed by atoms with Crippen molar-refractivity contribution in [2.24, 2.45) is 0 Å². The number of aromatic nitrogens is 4. The molecule has 4 aromatic rings. The van der Waals surface area contributed by atoms with Gasteiger partial charge < -0.3 is 9.88 Å². The van der Waals surface area contributed by atoms with Crippen molar-refractivity contribution in [1.29, 1.82) is 0 Å². The van der Waals surface area contributed by atoms with Crippen molar-refractivity contribution in [1.82, 2.24) is 24.6 Å². The minimum atomic E-state index is -0.406. The molecule has 0 atom stereocenters. The third-order valence-electron chi connectivity index (χ3n) is 5.69. The SMILES string of the molecule is C=CC(=O)N1CCn2nc(-c3cc(Cl)ccc3F)c(-c3ccnc4[nH]cc(C)c34)c2C1. The fourth-order valence-corrected chi connectivity index (χ4v) is 4.39. The zero-order valence-corrected chi connectivity index (χ0v) is 17.6. The number of H-pyrrole nitrogens is 1. The highest BCUT2D eigenvalue weighted by Crippen LogP contribution is 2.41. The number of fused-ring (bicyclic) bond motifs is 2.